The maximum Gasteiger partial charge on any atom is 0.417 e. The summed E-state index contributed by atoms with van der Waals surface area (Å²) in [5, 5.41) is 0. The lowest BCUT2D eigenvalue weighted by atomic mass is 10.2. The molecular weight excluding hydrogens is 170 g/mol. The molecule has 1 aliphatic rings. The van der Waals surface area contributed by atoms with Crippen molar-refractivity contribution in [3.8, 4) is 0 Å². The average Bonchev–Trinajstić information content (AvgIpc) is 2.21. The monoisotopic (exact) mass is 187 g/mol. The molecule has 0 saturated carbocycles. The minimum atomic E-state index is -1.92. The van der Waals surface area contributed by atoms with Crippen molar-refractivity contribution in [2.45, 2.75) is 39.2 Å². The van der Waals surface area contributed by atoms with Crippen LogP contribution in [0.1, 0.15) is 36.4 Å². The fraction of sp³-hybridized carbons (Fsp3) is 0.778. The van der Waals surface area contributed by atoms with Crippen molar-refractivity contribution in [3.63, 3.8) is 0 Å². The van der Waals surface area contributed by atoms with E-state index in [1.165, 1.54) is 0 Å². The summed E-state index contributed by atoms with van der Waals surface area (Å²) < 4.78 is 19.9. The Balaban J connectivity index is 2.79. The molecule has 1 heterocycles. The molecule has 0 atom stereocenters. The first-order valence-electron chi connectivity index (χ1n) is 5.19. The number of amides is 2. The van der Waals surface area contributed by atoms with E-state index in [4.69, 9.17) is 7.48 Å². The van der Waals surface area contributed by atoms with Crippen molar-refractivity contribution in [2.75, 3.05) is 6.50 Å². The molecule has 0 unspecified atom stereocenters. The van der Waals surface area contributed by atoms with E-state index in [-0.39, 0.29) is 12.8 Å². The largest absolute Gasteiger partial charge is 0.443 e. The maximum absolute atomic E-state index is 11.5. The second-order valence-corrected chi connectivity index (χ2v) is 3.87. The molecule has 0 bridgehead atoms. The third-order valence-electron chi connectivity index (χ3n) is 1.43. The first kappa shape index (κ1) is 7.35. The molecule has 1 saturated heterocycles. The molecule has 0 spiro atoms. The number of nitrogens with zero attached hydrogens (tertiary/aromatic N) is 1. The molecule has 0 aromatic heterocycles. The van der Waals surface area contributed by atoms with E-state index in [1.54, 1.807) is 20.8 Å². The predicted octanol–water partition coefficient (Wildman–Crippen LogP) is 1.54. The van der Waals surface area contributed by atoms with Crippen LogP contribution in [0.4, 0.5) is 4.79 Å². The van der Waals surface area contributed by atoms with Gasteiger partial charge in [0.05, 0.1) is 2.74 Å². The Labute approximate surface area is 80.7 Å². The van der Waals surface area contributed by atoms with Gasteiger partial charge >= 0.3 is 6.09 Å². The third-order valence-corrected chi connectivity index (χ3v) is 1.43. The number of imide groups is 1. The zero-order valence-corrected chi connectivity index (χ0v) is 8.09. The quantitative estimate of drug-likeness (QED) is 0.578. The van der Waals surface area contributed by atoms with Gasteiger partial charge in [-0.3, -0.25) is 4.79 Å². The topological polar surface area (TPSA) is 46.6 Å². The van der Waals surface area contributed by atoms with Crippen molar-refractivity contribution >= 4 is 12.0 Å². The van der Waals surface area contributed by atoms with Crippen LogP contribution in [0.2, 0.25) is 0 Å². The van der Waals surface area contributed by atoms with Crippen molar-refractivity contribution in [1.29, 1.82) is 0 Å². The zero-order valence-electron chi connectivity index (χ0n) is 10.1. The summed E-state index contributed by atoms with van der Waals surface area (Å²) in [7, 11) is 0. The van der Waals surface area contributed by atoms with Gasteiger partial charge in [0.1, 0.15) is 5.60 Å². The minimum absolute atomic E-state index is 0.0328. The van der Waals surface area contributed by atoms with Gasteiger partial charge < -0.3 is 4.74 Å². The molecule has 4 heteroatoms. The van der Waals surface area contributed by atoms with Crippen LogP contribution in [-0.4, -0.2) is 29.0 Å². The van der Waals surface area contributed by atoms with E-state index in [0.717, 1.165) is 0 Å². The molecule has 0 radical (unpaired) electrons. The van der Waals surface area contributed by atoms with Gasteiger partial charge in [-0.05, 0) is 27.2 Å². The van der Waals surface area contributed by atoms with Gasteiger partial charge in [0.15, 0.2) is 0 Å². The van der Waals surface area contributed by atoms with E-state index in [2.05, 4.69) is 0 Å². The Morgan fingerprint density at radius 3 is 2.62 bits per heavy atom. The van der Waals surface area contributed by atoms with Gasteiger partial charge in [0, 0.05) is 12.9 Å². The summed E-state index contributed by atoms with van der Waals surface area (Å²) in [5.41, 5.74) is -0.726. The molecule has 4 nitrogen and oxygen atoms in total. The van der Waals surface area contributed by atoms with E-state index in [1.807, 2.05) is 0 Å². The molecule has 0 aromatic carbocycles. The lowest BCUT2D eigenvalue weighted by Gasteiger charge is -2.23. The van der Waals surface area contributed by atoms with Crippen LogP contribution in [0.15, 0.2) is 0 Å². The van der Waals surface area contributed by atoms with Crippen LogP contribution in [0.3, 0.4) is 0 Å². The molecular formula is C9H15NO3. The summed E-state index contributed by atoms with van der Waals surface area (Å²) >= 11 is 0. The normalized spacial score (nSPS) is 23.9. The number of hydrogen-bond acceptors (Lipinski definition) is 3. The Kier molecular flexibility index (Phi) is 1.90. The van der Waals surface area contributed by atoms with E-state index >= 15 is 0 Å². The van der Waals surface area contributed by atoms with Gasteiger partial charge in [-0.2, -0.15) is 0 Å². The van der Waals surface area contributed by atoms with Crippen LogP contribution in [0.5, 0.6) is 0 Å². The Morgan fingerprint density at radius 2 is 2.23 bits per heavy atom. The van der Waals surface area contributed by atoms with Gasteiger partial charge in [-0.15, -0.1) is 0 Å². The van der Waals surface area contributed by atoms with Crippen LogP contribution >= 0.6 is 0 Å². The van der Waals surface area contributed by atoms with Crippen molar-refractivity contribution < 1.29 is 17.1 Å². The summed E-state index contributed by atoms with van der Waals surface area (Å²) in [5.74, 6) is -0.519. The standard InChI is InChI=1S/C9H15NO3/c1-9(2,3)13-8(12)10-6-4-5-7(10)11/h4-6H2,1-3H3/i6D2. The number of hydrogen-bond donors (Lipinski definition) is 0. The lowest BCUT2D eigenvalue weighted by molar-refractivity contribution is -0.126. The highest BCUT2D eigenvalue weighted by atomic mass is 16.6. The van der Waals surface area contributed by atoms with Gasteiger partial charge in [0.25, 0.3) is 0 Å². The first-order valence-corrected chi connectivity index (χ1v) is 4.19. The molecule has 0 aliphatic carbocycles. The van der Waals surface area contributed by atoms with Gasteiger partial charge in [0.2, 0.25) is 5.91 Å². The molecule has 13 heavy (non-hydrogen) atoms. The Bertz CT molecular complexity index is 296. The minimum Gasteiger partial charge on any atom is -0.443 e. The molecule has 0 N–H and O–H groups in total. The molecule has 2 amide bonds. The SMILES string of the molecule is [2H]C1([2H])CCC(=O)N1C(=O)OC(C)(C)C. The van der Waals surface area contributed by atoms with E-state index in [0.29, 0.717) is 4.90 Å². The van der Waals surface area contributed by atoms with Crippen LogP contribution < -0.4 is 0 Å². The van der Waals surface area contributed by atoms with E-state index < -0.39 is 24.1 Å². The van der Waals surface area contributed by atoms with Crippen LogP contribution in [0, 0.1) is 0 Å². The second-order valence-electron chi connectivity index (χ2n) is 3.87. The summed E-state index contributed by atoms with van der Waals surface area (Å²) in [6.07, 6.45) is -0.827. The lowest BCUT2D eigenvalue weighted by Crippen LogP contribution is -2.37. The summed E-state index contributed by atoms with van der Waals surface area (Å²) in [6, 6.07) is 0. The Morgan fingerprint density at radius 1 is 1.62 bits per heavy atom. The zero-order chi connectivity index (χ0) is 11.9. The van der Waals surface area contributed by atoms with Crippen molar-refractivity contribution in [3.05, 3.63) is 0 Å². The fourth-order valence-electron chi connectivity index (χ4n) is 0.949. The predicted molar refractivity (Wildman–Crippen MR) is 47.2 cm³/mol. The molecule has 1 aliphatic heterocycles. The number of rotatable bonds is 0. The number of carbonyl (C=O) groups excluding carboxylic acids is 2. The highest BCUT2D eigenvalue weighted by Crippen LogP contribution is 2.15. The highest BCUT2D eigenvalue weighted by Gasteiger charge is 2.30. The smallest absolute Gasteiger partial charge is 0.417 e. The fourth-order valence-corrected chi connectivity index (χ4v) is 0.949. The first-order chi connectivity index (χ1) is 6.63. The molecule has 1 fully saturated rings. The summed E-state index contributed by atoms with van der Waals surface area (Å²) in [6.45, 7) is 3.09. The average molecular weight is 187 g/mol. The van der Waals surface area contributed by atoms with Crippen molar-refractivity contribution in [2.24, 2.45) is 0 Å². The van der Waals surface area contributed by atoms with E-state index in [9.17, 15) is 9.59 Å². The van der Waals surface area contributed by atoms with Gasteiger partial charge in [-0.1, -0.05) is 0 Å². The maximum atomic E-state index is 11.5. The number of carbonyl (C=O) groups is 2. The Hall–Kier alpha value is -1.06. The molecule has 0 aromatic rings. The third kappa shape index (κ3) is 2.72. The molecule has 1 rings (SSSR count). The highest BCUT2D eigenvalue weighted by molar-refractivity contribution is 5.93. The second kappa shape index (κ2) is 3.36. The van der Waals surface area contributed by atoms with Crippen LogP contribution in [-0.2, 0) is 9.53 Å². The number of ether oxygens (including phenoxy) is 1. The number of likely N-dealkylation sites (tertiary alicyclic amines) is 1. The molecule has 74 valence electrons. The van der Waals surface area contributed by atoms with Gasteiger partial charge in [-0.25, -0.2) is 9.69 Å². The van der Waals surface area contributed by atoms with Crippen molar-refractivity contribution in [1.82, 2.24) is 4.90 Å². The van der Waals surface area contributed by atoms with Crippen LogP contribution in [0.25, 0.3) is 0 Å². The summed E-state index contributed by atoms with van der Waals surface area (Å²) in [4.78, 5) is 23.4.